The fourth-order valence-electron chi connectivity index (χ4n) is 9.31. The third kappa shape index (κ3) is 12.9. The highest BCUT2D eigenvalue weighted by molar-refractivity contribution is 5.88. The van der Waals surface area contributed by atoms with E-state index < -0.39 is 59.8 Å². The molecule has 2 aromatic heterocycles. The zero-order valence-electron chi connectivity index (χ0n) is 42.4. The van der Waals surface area contributed by atoms with E-state index in [2.05, 4.69) is 40.6 Å². The van der Waals surface area contributed by atoms with Crippen molar-refractivity contribution in [3.63, 3.8) is 0 Å². The van der Waals surface area contributed by atoms with Crippen molar-refractivity contribution in [2.75, 3.05) is 34.4 Å². The van der Waals surface area contributed by atoms with Crippen LogP contribution in [0.3, 0.4) is 0 Å². The van der Waals surface area contributed by atoms with E-state index in [1.807, 2.05) is 48.5 Å². The first kappa shape index (κ1) is 54.8. The molecule has 78 heavy (non-hydrogen) atoms. The Morgan fingerprint density at radius 1 is 0.500 bits per heavy atom. The molecule has 2 aliphatic heterocycles. The van der Waals surface area contributed by atoms with Crippen LogP contribution >= 0.6 is 0 Å². The van der Waals surface area contributed by atoms with E-state index in [1.54, 1.807) is 22.2 Å². The first-order valence-corrected chi connectivity index (χ1v) is 24.6. The van der Waals surface area contributed by atoms with Gasteiger partial charge in [0.1, 0.15) is 41.2 Å². The quantitative estimate of drug-likeness (QED) is 0.0558. The number of carbonyl (C=O) groups excluding carboxylic acids is 5. The Hall–Kier alpha value is -9.47. The van der Waals surface area contributed by atoms with Gasteiger partial charge in [0.15, 0.2) is 6.04 Å². The molecule has 0 unspecified atom stereocenters. The second-order valence-electron chi connectivity index (χ2n) is 18.1. The number of ether oxygens (including phenoxy) is 3. The van der Waals surface area contributed by atoms with Crippen molar-refractivity contribution >= 4 is 36.1 Å². The third-order valence-corrected chi connectivity index (χ3v) is 13.3. The Kier molecular flexibility index (Phi) is 17.5. The summed E-state index contributed by atoms with van der Waals surface area (Å²) in [5.74, 6) is -2.08. The van der Waals surface area contributed by atoms with E-state index in [0.29, 0.717) is 48.7 Å². The minimum atomic E-state index is -1.26. The third-order valence-electron chi connectivity index (χ3n) is 13.3. The average Bonchev–Trinajstić information content (AvgIpc) is 4.36. The number of benzene rings is 5. The molecule has 5 aromatic carbocycles. The predicted octanol–water partition coefficient (Wildman–Crippen LogP) is 9.24. The van der Waals surface area contributed by atoms with Crippen molar-refractivity contribution in [2.45, 2.75) is 55.9 Å². The zero-order valence-corrected chi connectivity index (χ0v) is 42.4. The van der Waals surface area contributed by atoms with Gasteiger partial charge in [-0.15, -0.1) is 0 Å². The fourth-order valence-corrected chi connectivity index (χ4v) is 9.31. The lowest BCUT2D eigenvalue weighted by atomic mass is 10.0. The number of hydrogen-bond acceptors (Lipinski definition) is 11. The summed E-state index contributed by atoms with van der Waals surface area (Å²) in [6, 6.07) is 27.7. The van der Waals surface area contributed by atoms with Crippen molar-refractivity contribution in [3.8, 4) is 33.6 Å². The van der Waals surface area contributed by atoms with Crippen LogP contribution in [0.1, 0.15) is 84.2 Å². The van der Waals surface area contributed by atoms with Gasteiger partial charge in [0.05, 0.1) is 57.2 Å². The average molecular weight is 1070 g/mol. The van der Waals surface area contributed by atoms with Crippen molar-refractivity contribution in [1.29, 1.82) is 0 Å². The first-order valence-electron chi connectivity index (χ1n) is 24.6. The predicted molar refractivity (Wildman–Crippen MR) is 276 cm³/mol. The number of alkyl carbamates (subject to hydrolysis) is 3. The lowest BCUT2D eigenvalue weighted by molar-refractivity contribution is -0.139. The molecule has 404 valence electrons. The second-order valence-corrected chi connectivity index (χ2v) is 18.1. The summed E-state index contributed by atoms with van der Waals surface area (Å²) >= 11 is 0. The molecule has 9 rings (SSSR count). The van der Waals surface area contributed by atoms with Gasteiger partial charge in [-0.3, -0.25) is 9.59 Å². The number of nitrogens with one attached hydrogen (secondary N) is 5. The number of halogens is 3. The Bertz CT molecular complexity index is 3050. The number of aliphatic carboxylic acids is 1. The van der Waals surface area contributed by atoms with Gasteiger partial charge in [-0.05, 0) is 101 Å². The van der Waals surface area contributed by atoms with Crippen LogP contribution in [0, 0.1) is 17.5 Å². The van der Waals surface area contributed by atoms with Crippen molar-refractivity contribution in [2.24, 2.45) is 0 Å². The molecule has 0 saturated carbocycles. The molecule has 6 N–H and O–H groups in total. The van der Waals surface area contributed by atoms with Crippen LogP contribution in [0.4, 0.5) is 27.6 Å². The fraction of sp³-hybridized carbons (Fsp3) is 0.250. The maximum atomic E-state index is 13.9. The Labute approximate surface area is 445 Å². The van der Waals surface area contributed by atoms with Gasteiger partial charge in [-0.2, -0.15) is 0 Å². The number of imidazole rings is 2. The molecular formula is C56H54F3N9O10. The molecule has 0 aliphatic carbocycles. The highest BCUT2D eigenvalue weighted by Crippen LogP contribution is 2.37. The number of methoxy groups -OCH3 is 3. The molecule has 5 amide bonds. The molecule has 0 radical (unpaired) electrons. The van der Waals surface area contributed by atoms with E-state index in [0.717, 1.165) is 65.7 Å². The second kappa shape index (κ2) is 24.9. The van der Waals surface area contributed by atoms with E-state index >= 15 is 0 Å². The highest BCUT2D eigenvalue weighted by atomic mass is 19.1. The van der Waals surface area contributed by atoms with E-state index in [1.165, 1.54) is 74.9 Å². The van der Waals surface area contributed by atoms with Crippen LogP contribution in [0.5, 0.6) is 0 Å². The van der Waals surface area contributed by atoms with Crippen LogP contribution < -0.4 is 16.0 Å². The molecule has 0 bridgehead atoms. The number of likely N-dealkylation sites (tertiary alicyclic amines) is 2. The number of hydrogen-bond donors (Lipinski definition) is 6. The van der Waals surface area contributed by atoms with Gasteiger partial charge in [0, 0.05) is 13.1 Å². The lowest BCUT2D eigenvalue weighted by Gasteiger charge is -2.28. The summed E-state index contributed by atoms with van der Waals surface area (Å²) in [6.07, 6.45) is 3.92. The van der Waals surface area contributed by atoms with Gasteiger partial charge < -0.3 is 55.0 Å². The van der Waals surface area contributed by atoms with E-state index in [-0.39, 0.29) is 29.5 Å². The summed E-state index contributed by atoms with van der Waals surface area (Å²) in [5, 5.41) is 16.2. The molecule has 2 fully saturated rings. The number of carboxylic acids is 1. The van der Waals surface area contributed by atoms with E-state index in [9.17, 15) is 41.9 Å². The topological polar surface area (TPSA) is 250 Å². The number of rotatable bonds is 14. The molecule has 2 saturated heterocycles. The lowest BCUT2D eigenvalue weighted by Crippen LogP contribution is -2.42. The number of aromatic nitrogens is 4. The number of amides is 5. The molecule has 0 spiro atoms. The monoisotopic (exact) mass is 1070 g/mol. The SMILES string of the molecule is COC(=O)N[C@H](C(=O)N1CCC[C@H]1c1ncc(-c2ccc(-c3ccc(-c4cnc([C@@H]5CCCN5C(=O)[C@@H](NC(=O)OC)c5ccc(F)cc5)[nH]4)cc3)cc2)[nH]1)c1ccc(F)cc1.COC(=O)N[C@H](C(=O)O)c1ccc(F)cc1. The van der Waals surface area contributed by atoms with Crippen LogP contribution in [0.25, 0.3) is 33.6 Å². The largest absolute Gasteiger partial charge is 0.479 e. The Morgan fingerprint density at radius 3 is 1.13 bits per heavy atom. The van der Waals surface area contributed by atoms with Gasteiger partial charge in [-0.25, -0.2) is 42.3 Å². The number of carboxylic acid groups (broad SMARTS) is 1. The molecule has 4 heterocycles. The summed E-state index contributed by atoms with van der Waals surface area (Å²) in [5.41, 5.74) is 6.52. The molecular weight excluding hydrogens is 1020 g/mol. The summed E-state index contributed by atoms with van der Waals surface area (Å²) in [7, 11) is 3.56. The molecule has 19 nitrogen and oxygen atoms in total. The zero-order chi connectivity index (χ0) is 55.5. The maximum absolute atomic E-state index is 13.9. The molecule has 22 heteroatoms. The van der Waals surface area contributed by atoms with Gasteiger partial charge in [0.2, 0.25) is 0 Å². The first-order chi connectivity index (χ1) is 37.6. The number of aromatic amines is 2. The number of nitrogens with zero attached hydrogens (tertiary/aromatic N) is 4. The van der Waals surface area contributed by atoms with Gasteiger partial charge in [0.25, 0.3) is 11.8 Å². The molecule has 2 aliphatic rings. The highest BCUT2D eigenvalue weighted by Gasteiger charge is 2.39. The normalized spacial score (nSPS) is 15.9. The van der Waals surface area contributed by atoms with Gasteiger partial charge >= 0.3 is 24.2 Å². The van der Waals surface area contributed by atoms with Crippen molar-refractivity contribution in [1.82, 2.24) is 45.7 Å². The summed E-state index contributed by atoms with van der Waals surface area (Å²) in [4.78, 5) is 93.4. The summed E-state index contributed by atoms with van der Waals surface area (Å²) < 4.78 is 53.8. The van der Waals surface area contributed by atoms with Crippen molar-refractivity contribution in [3.05, 3.63) is 180 Å². The van der Waals surface area contributed by atoms with E-state index in [4.69, 9.17) is 14.6 Å². The standard InChI is InChI=1S/C46H44F2N8O6.C10H10FNO4/c1-61-45(59)53-39(31-15-19-33(47)20-16-31)43(57)55-23-3-5-37(55)41-49-25-35(51-41)29-11-7-27(8-12-29)28-9-13-30(14-10-28)36-26-50-42(52-36)38-6-4-24-56(38)44(58)40(54-46(60)62-2)32-17-21-34(48)22-18-32;1-16-10(15)12-8(9(13)14)6-2-4-7(11)5-3-6/h7-22,25-26,37-40H,3-6,23-24H2,1-2H3,(H,49,51)(H,50,52)(H,53,59)(H,54,60);2-5,8H,1H3,(H,12,15)(H,13,14)/t37-,38-,39-,40-;8-/m00/s1. The minimum absolute atomic E-state index is 0.263. The maximum Gasteiger partial charge on any atom is 0.407 e. The van der Waals surface area contributed by atoms with Crippen LogP contribution in [0.2, 0.25) is 0 Å². The van der Waals surface area contributed by atoms with Crippen LogP contribution in [-0.2, 0) is 28.6 Å². The smallest absolute Gasteiger partial charge is 0.407 e. The minimum Gasteiger partial charge on any atom is -0.479 e. The molecule has 7 aromatic rings. The summed E-state index contributed by atoms with van der Waals surface area (Å²) in [6.45, 7) is 0.931. The van der Waals surface area contributed by atoms with Crippen LogP contribution in [0.15, 0.2) is 134 Å². The van der Waals surface area contributed by atoms with Crippen molar-refractivity contribution < 1.29 is 61.3 Å². The van der Waals surface area contributed by atoms with Gasteiger partial charge in [-0.1, -0.05) is 84.9 Å². The number of carbonyl (C=O) groups is 6. The number of H-pyrrole nitrogens is 2. The Balaban J connectivity index is 0.000000432. The van der Waals surface area contributed by atoms with Crippen LogP contribution in [-0.4, -0.2) is 105 Å². The molecule has 5 atom stereocenters. The Morgan fingerprint density at radius 2 is 0.808 bits per heavy atom.